The number of anilines is 2. The second-order valence-corrected chi connectivity index (χ2v) is 11.3. The van der Waals surface area contributed by atoms with Crippen molar-refractivity contribution in [3.63, 3.8) is 0 Å². The number of rotatable bonds is 5. The Kier molecular flexibility index (Phi) is 8.85. The number of aromatic nitrogens is 1. The Morgan fingerprint density at radius 1 is 1.15 bits per heavy atom. The van der Waals surface area contributed by atoms with E-state index in [0.717, 1.165) is 23.8 Å². The maximum absolute atomic E-state index is 14.9. The van der Waals surface area contributed by atoms with Gasteiger partial charge in [0.1, 0.15) is 22.5 Å². The molecule has 1 atom stereocenters. The molecule has 2 amide bonds. The number of amidine groups is 1. The lowest BCUT2D eigenvalue weighted by Gasteiger charge is -2.33. The molecule has 41 heavy (non-hydrogen) atoms. The number of hydrogen-bond donors (Lipinski definition) is 2. The van der Waals surface area contributed by atoms with Gasteiger partial charge in [-0.2, -0.15) is 17.5 Å². The number of amides is 2. The first-order valence-electron chi connectivity index (χ1n) is 12.8. The van der Waals surface area contributed by atoms with E-state index in [1.807, 2.05) is 0 Å². The SMILES string of the molecule is Cc1nsc(NC2=NCC(C(F)(F)F)N=C2)c1C(=O)Nc1ccc(OC2CCN(C(=O)OC(C)(C)C)CC2)c(F)c1. The maximum Gasteiger partial charge on any atom is 0.412 e. The van der Waals surface area contributed by atoms with E-state index in [1.54, 1.807) is 32.6 Å². The number of nitrogens with one attached hydrogen (secondary N) is 2. The summed E-state index contributed by atoms with van der Waals surface area (Å²) in [6.45, 7) is 7.25. The average molecular weight is 599 g/mol. The Balaban J connectivity index is 1.34. The third-order valence-corrected chi connectivity index (χ3v) is 6.95. The van der Waals surface area contributed by atoms with E-state index in [2.05, 4.69) is 25.0 Å². The summed E-state index contributed by atoms with van der Waals surface area (Å²) in [7, 11) is 0. The van der Waals surface area contributed by atoms with E-state index >= 15 is 0 Å². The van der Waals surface area contributed by atoms with Crippen molar-refractivity contribution in [3.8, 4) is 5.75 Å². The second kappa shape index (κ2) is 12.0. The Bertz CT molecular complexity index is 1350. The molecule has 0 radical (unpaired) electrons. The molecular formula is C26H30F4N6O4S. The highest BCUT2D eigenvalue weighted by molar-refractivity contribution is 7.11. The number of alkyl halides is 3. The number of aryl methyl sites for hydroxylation is 1. The lowest BCUT2D eigenvalue weighted by Crippen LogP contribution is -2.44. The molecule has 0 aliphatic carbocycles. The molecule has 0 bridgehead atoms. The fourth-order valence-corrected chi connectivity index (χ4v) is 4.86. The first-order valence-corrected chi connectivity index (χ1v) is 13.6. The summed E-state index contributed by atoms with van der Waals surface area (Å²) in [5.74, 6) is -1.19. The summed E-state index contributed by atoms with van der Waals surface area (Å²) < 4.78 is 68.7. The van der Waals surface area contributed by atoms with Crippen molar-refractivity contribution in [2.75, 3.05) is 30.3 Å². The summed E-state index contributed by atoms with van der Waals surface area (Å²) in [5, 5.41) is 5.67. The van der Waals surface area contributed by atoms with Gasteiger partial charge in [0.05, 0.1) is 24.0 Å². The average Bonchev–Trinajstić information content (AvgIpc) is 3.24. The normalized spacial score (nSPS) is 18.1. The van der Waals surface area contributed by atoms with Crippen molar-refractivity contribution in [2.45, 2.75) is 64.5 Å². The number of benzene rings is 1. The molecule has 1 unspecified atom stereocenters. The van der Waals surface area contributed by atoms with Crippen LogP contribution in [0.15, 0.2) is 28.2 Å². The lowest BCUT2D eigenvalue weighted by atomic mass is 10.1. The largest absolute Gasteiger partial charge is 0.487 e. The zero-order valence-electron chi connectivity index (χ0n) is 22.8. The minimum absolute atomic E-state index is 0.0150. The molecule has 10 nitrogen and oxygen atoms in total. The molecule has 1 saturated heterocycles. The van der Waals surface area contributed by atoms with Crippen LogP contribution in [0.5, 0.6) is 5.75 Å². The highest BCUT2D eigenvalue weighted by atomic mass is 32.1. The van der Waals surface area contributed by atoms with Gasteiger partial charge in [0.2, 0.25) is 0 Å². The molecular weight excluding hydrogens is 568 g/mol. The fourth-order valence-electron chi connectivity index (χ4n) is 4.06. The van der Waals surface area contributed by atoms with E-state index in [0.29, 0.717) is 31.6 Å². The molecule has 1 aromatic carbocycles. The van der Waals surface area contributed by atoms with Crippen molar-refractivity contribution < 1.29 is 36.6 Å². The molecule has 2 aliphatic heterocycles. The van der Waals surface area contributed by atoms with Gasteiger partial charge in [-0.1, -0.05) is 0 Å². The zero-order chi connectivity index (χ0) is 29.9. The van der Waals surface area contributed by atoms with Crippen LogP contribution in [0.25, 0.3) is 0 Å². The van der Waals surface area contributed by atoms with Gasteiger partial charge in [0.15, 0.2) is 17.6 Å². The van der Waals surface area contributed by atoms with Crippen LogP contribution in [0.4, 0.5) is 33.0 Å². The topological polar surface area (TPSA) is 118 Å². The molecule has 15 heteroatoms. The second-order valence-electron chi connectivity index (χ2n) is 10.5. The molecule has 1 aromatic heterocycles. The van der Waals surface area contributed by atoms with E-state index in [1.165, 1.54) is 12.1 Å². The van der Waals surface area contributed by atoms with Gasteiger partial charge < -0.3 is 25.0 Å². The summed E-state index contributed by atoms with van der Waals surface area (Å²) in [6, 6.07) is 2.11. The lowest BCUT2D eigenvalue weighted by molar-refractivity contribution is -0.144. The quantitative estimate of drug-likeness (QED) is 0.443. The third kappa shape index (κ3) is 7.93. The van der Waals surface area contributed by atoms with Crippen LogP contribution in [-0.4, -0.2) is 76.9 Å². The molecule has 3 heterocycles. The minimum Gasteiger partial charge on any atom is -0.487 e. The molecule has 2 aliphatic rings. The molecule has 1 fully saturated rings. The van der Waals surface area contributed by atoms with Gasteiger partial charge in [-0.05, 0) is 51.4 Å². The summed E-state index contributed by atoms with van der Waals surface area (Å²) in [5.41, 5.74) is 0.0847. The van der Waals surface area contributed by atoms with Crippen LogP contribution < -0.4 is 15.4 Å². The maximum atomic E-state index is 14.9. The Morgan fingerprint density at radius 3 is 2.44 bits per heavy atom. The van der Waals surface area contributed by atoms with Crippen molar-refractivity contribution in [1.82, 2.24) is 9.27 Å². The Labute approximate surface area is 238 Å². The smallest absolute Gasteiger partial charge is 0.412 e. The molecule has 2 N–H and O–H groups in total. The third-order valence-electron chi connectivity index (χ3n) is 6.10. The first kappa shape index (κ1) is 30.2. The van der Waals surface area contributed by atoms with E-state index < -0.39 is 42.2 Å². The summed E-state index contributed by atoms with van der Waals surface area (Å²) in [4.78, 5) is 34.2. The molecule has 0 spiro atoms. The van der Waals surface area contributed by atoms with Crippen molar-refractivity contribution in [1.29, 1.82) is 0 Å². The standard InChI is InChI=1S/C26H30F4N6O4S/c1-14-21(23(41-35-14)34-20-13-31-19(12-32-20)26(28,29)30)22(37)33-15-5-6-18(17(27)11-15)39-16-7-9-36(10-8-16)24(38)40-25(2,3)4/h5-6,11,13,16,19H,7-10,12H2,1-4H3,(H,32,34)(H,33,37). The number of nitrogens with zero attached hydrogens (tertiary/aromatic N) is 4. The highest BCUT2D eigenvalue weighted by Crippen LogP contribution is 2.29. The number of ether oxygens (including phenoxy) is 2. The van der Waals surface area contributed by atoms with Crippen LogP contribution in [0.2, 0.25) is 0 Å². The van der Waals surface area contributed by atoms with Crippen LogP contribution >= 0.6 is 11.5 Å². The predicted octanol–water partition coefficient (Wildman–Crippen LogP) is 5.45. The highest BCUT2D eigenvalue weighted by Gasteiger charge is 2.40. The van der Waals surface area contributed by atoms with Gasteiger partial charge in [0, 0.05) is 37.7 Å². The summed E-state index contributed by atoms with van der Waals surface area (Å²) in [6.07, 6.45) is -3.21. The van der Waals surface area contributed by atoms with E-state index in [4.69, 9.17) is 9.47 Å². The minimum atomic E-state index is -4.49. The monoisotopic (exact) mass is 598 g/mol. The molecule has 222 valence electrons. The Hall–Kier alpha value is -3.75. The number of carbonyl (C=O) groups excluding carboxylic acids is 2. The van der Waals surface area contributed by atoms with E-state index in [-0.39, 0.29) is 33.9 Å². The molecule has 4 rings (SSSR count). The van der Waals surface area contributed by atoms with Crippen LogP contribution in [0.1, 0.15) is 49.7 Å². The van der Waals surface area contributed by atoms with Gasteiger partial charge in [-0.25, -0.2) is 9.18 Å². The van der Waals surface area contributed by atoms with Crippen molar-refractivity contribution in [3.05, 3.63) is 35.3 Å². The number of likely N-dealkylation sites (tertiary alicyclic amines) is 1. The number of aliphatic imine (C=N–C) groups is 2. The van der Waals surface area contributed by atoms with Crippen molar-refractivity contribution >= 4 is 46.3 Å². The number of piperidine rings is 1. The number of hydrogen-bond acceptors (Lipinski definition) is 9. The molecule has 2 aromatic rings. The zero-order valence-corrected chi connectivity index (χ0v) is 23.7. The van der Waals surface area contributed by atoms with Gasteiger partial charge in [0.25, 0.3) is 5.91 Å². The van der Waals surface area contributed by atoms with E-state index in [9.17, 15) is 27.2 Å². The fraction of sp³-hybridized carbons (Fsp3) is 0.500. The van der Waals surface area contributed by atoms with Crippen LogP contribution in [-0.2, 0) is 4.74 Å². The van der Waals surface area contributed by atoms with Crippen molar-refractivity contribution in [2.24, 2.45) is 9.98 Å². The van der Waals surface area contributed by atoms with Gasteiger partial charge in [-0.3, -0.25) is 14.8 Å². The predicted molar refractivity (Wildman–Crippen MR) is 147 cm³/mol. The first-order chi connectivity index (χ1) is 19.2. The molecule has 0 saturated carbocycles. The van der Waals surface area contributed by atoms with Crippen LogP contribution in [0.3, 0.4) is 0 Å². The Morgan fingerprint density at radius 2 is 1.85 bits per heavy atom. The van der Waals surface area contributed by atoms with Crippen LogP contribution in [0, 0.1) is 12.7 Å². The van der Waals surface area contributed by atoms with Gasteiger partial charge in [-0.15, -0.1) is 0 Å². The number of halogens is 4. The summed E-state index contributed by atoms with van der Waals surface area (Å²) >= 11 is 0.931. The number of carbonyl (C=O) groups is 2. The van der Waals surface area contributed by atoms with Gasteiger partial charge >= 0.3 is 12.3 Å².